The predicted molar refractivity (Wildman–Crippen MR) is 69.7 cm³/mol. The molecular formula is C12H27NOS. The van der Waals surface area contributed by atoms with Gasteiger partial charge in [-0.15, -0.1) is 0 Å². The van der Waals surface area contributed by atoms with Crippen LogP contribution in [0.2, 0.25) is 0 Å². The molecule has 0 saturated carbocycles. The van der Waals surface area contributed by atoms with Crippen LogP contribution in [0.1, 0.15) is 47.5 Å². The summed E-state index contributed by atoms with van der Waals surface area (Å²) in [6.07, 6.45) is 2.21. The van der Waals surface area contributed by atoms with Crippen molar-refractivity contribution in [2.75, 3.05) is 18.1 Å². The Balaban J connectivity index is 4.11. The number of hydrogen-bond acceptors (Lipinski definition) is 2. The molecule has 0 fully saturated rings. The molecule has 0 aliphatic heterocycles. The van der Waals surface area contributed by atoms with Gasteiger partial charge in [-0.1, -0.05) is 41.0 Å². The molecule has 3 heteroatoms. The molecule has 0 heterocycles. The van der Waals surface area contributed by atoms with Gasteiger partial charge in [0.05, 0.1) is 0 Å². The zero-order chi connectivity index (χ0) is 11.9. The third-order valence-corrected chi connectivity index (χ3v) is 4.02. The van der Waals surface area contributed by atoms with Gasteiger partial charge in [0, 0.05) is 28.3 Å². The van der Waals surface area contributed by atoms with Crippen molar-refractivity contribution < 1.29 is 4.21 Å². The van der Waals surface area contributed by atoms with Crippen LogP contribution in [0, 0.1) is 5.41 Å². The summed E-state index contributed by atoms with van der Waals surface area (Å²) in [7, 11) is -0.660. The van der Waals surface area contributed by atoms with Gasteiger partial charge in [-0.05, 0) is 18.4 Å². The van der Waals surface area contributed by atoms with Crippen LogP contribution in [0.3, 0.4) is 0 Å². The van der Waals surface area contributed by atoms with Crippen molar-refractivity contribution in [3.63, 3.8) is 0 Å². The van der Waals surface area contributed by atoms with Crippen LogP contribution >= 0.6 is 0 Å². The Labute approximate surface area is 97.7 Å². The molecule has 0 radical (unpaired) electrons. The average Bonchev–Trinajstić information content (AvgIpc) is 2.12. The lowest BCUT2D eigenvalue weighted by molar-refractivity contribution is 0.294. The van der Waals surface area contributed by atoms with Crippen molar-refractivity contribution in [2.45, 2.75) is 53.5 Å². The van der Waals surface area contributed by atoms with Gasteiger partial charge in [0.2, 0.25) is 0 Å². The van der Waals surface area contributed by atoms with Crippen LogP contribution in [0.5, 0.6) is 0 Å². The molecule has 0 amide bonds. The van der Waals surface area contributed by atoms with Gasteiger partial charge in [0.1, 0.15) is 0 Å². The molecule has 0 aromatic carbocycles. The van der Waals surface area contributed by atoms with Gasteiger partial charge < -0.3 is 5.32 Å². The Morgan fingerprint density at radius 2 is 1.87 bits per heavy atom. The van der Waals surface area contributed by atoms with E-state index < -0.39 is 10.8 Å². The highest BCUT2D eigenvalue weighted by atomic mass is 32.2. The third kappa shape index (κ3) is 7.07. The summed E-state index contributed by atoms with van der Waals surface area (Å²) < 4.78 is 11.8. The van der Waals surface area contributed by atoms with E-state index in [1.54, 1.807) is 0 Å². The summed E-state index contributed by atoms with van der Waals surface area (Å²) in [5.41, 5.74) is 0.192. The van der Waals surface area contributed by atoms with Crippen molar-refractivity contribution in [1.82, 2.24) is 5.32 Å². The zero-order valence-electron chi connectivity index (χ0n) is 10.9. The Hall–Kier alpha value is 0.110. The molecular weight excluding hydrogens is 206 g/mol. The maximum atomic E-state index is 11.8. The standard InChI is InChI=1S/C12H27NOS/c1-6-8-9-15(14)10-11(13-7-2)12(3,4)5/h11,13H,6-10H2,1-5H3. The van der Waals surface area contributed by atoms with Gasteiger partial charge in [0.15, 0.2) is 0 Å². The first-order valence-electron chi connectivity index (χ1n) is 6.00. The molecule has 2 atom stereocenters. The van der Waals surface area contributed by atoms with E-state index in [9.17, 15) is 4.21 Å². The van der Waals surface area contributed by atoms with E-state index in [0.717, 1.165) is 30.9 Å². The number of hydrogen-bond donors (Lipinski definition) is 1. The first-order valence-corrected chi connectivity index (χ1v) is 7.49. The van der Waals surface area contributed by atoms with Crippen LogP contribution < -0.4 is 5.32 Å². The molecule has 2 unspecified atom stereocenters. The highest BCUT2D eigenvalue weighted by Gasteiger charge is 2.25. The molecule has 0 aliphatic carbocycles. The van der Waals surface area contributed by atoms with Crippen molar-refractivity contribution >= 4 is 10.8 Å². The van der Waals surface area contributed by atoms with Crippen molar-refractivity contribution in [3.05, 3.63) is 0 Å². The van der Waals surface area contributed by atoms with Gasteiger partial charge in [-0.2, -0.15) is 0 Å². The SMILES string of the molecule is CCCCS(=O)CC(NCC)C(C)(C)C. The molecule has 2 nitrogen and oxygen atoms in total. The van der Waals surface area contributed by atoms with Crippen LogP contribution in [0.4, 0.5) is 0 Å². The predicted octanol–water partition coefficient (Wildman–Crippen LogP) is 2.56. The topological polar surface area (TPSA) is 29.1 Å². The number of unbranched alkanes of at least 4 members (excludes halogenated alkanes) is 1. The maximum Gasteiger partial charge on any atom is 0.0393 e. The minimum atomic E-state index is -0.660. The first kappa shape index (κ1) is 15.1. The third-order valence-electron chi connectivity index (χ3n) is 2.57. The average molecular weight is 233 g/mol. The van der Waals surface area contributed by atoms with Gasteiger partial charge in [-0.3, -0.25) is 4.21 Å². The second-order valence-electron chi connectivity index (χ2n) is 5.14. The summed E-state index contributed by atoms with van der Waals surface area (Å²) in [6, 6.07) is 0.361. The van der Waals surface area contributed by atoms with E-state index in [0.29, 0.717) is 6.04 Å². The zero-order valence-corrected chi connectivity index (χ0v) is 11.7. The number of rotatable bonds is 7. The molecule has 92 valence electrons. The normalized spacial score (nSPS) is 16.3. The van der Waals surface area contributed by atoms with Crippen LogP contribution in [0.25, 0.3) is 0 Å². The highest BCUT2D eigenvalue weighted by molar-refractivity contribution is 7.85. The van der Waals surface area contributed by atoms with Crippen LogP contribution in [-0.2, 0) is 10.8 Å². The summed E-state index contributed by atoms with van der Waals surface area (Å²) >= 11 is 0. The summed E-state index contributed by atoms with van der Waals surface area (Å²) in [4.78, 5) is 0. The molecule has 1 N–H and O–H groups in total. The Bertz CT molecular complexity index is 187. The smallest absolute Gasteiger partial charge is 0.0393 e. The minimum absolute atomic E-state index is 0.192. The van der Waals surface area contributed by atoms with E-state index >= 15 is 0 Å². The lowest BCUT2D eigenvalue weighted by atomic mass is 9.88. The fourth-order valence-corrected chi connectivity index (χ4v) is 3.20. The van der Waals surface area contributed by atoms with E-state index in [4.69, 9.17) is 0 Å². The van der Waals surface area contributed by atoms with Crippen molar-refractivity contribution in [2.24, 2.45) is 5.41 Å². The molecule has 0 aromatic heterocycles. The second-order valence-corrected chi connectivity index (χ2v) is 6.76. The van der Waals surface area contributed by atoms with Crippen molar-refractivity contribution in [3.8, 4) is 0 Å². The second kappa shape index (κ2) is 7.39. The molecule has 0 bridgehead atoms. The van der Waals surface area contributed by atoms with Gasteiger partial charge in [-0.25, -0.2) is 0 Å². The molecule has 0 aromatic rings. The van der Waals surface area contributed by atoms with E-state index in [1.807, 2.05) is 0 Å². The fourth-order valence-electron chi connectivity index (χ4n) is 1.44. The van der Waals surface area contributed by atoms with Gasteiger partial charge >= 0.3 is 0 Å². The Morgan fingerprint density at radius 3 is 2.27 bits per heavy atom. The minimum Gasteiger partial charge on any atom is -0.313 e. The van der Waals surface area contributed by atoms with Gasteiger partial charge in [0.25, 0.3) is 0 Å². The number of nitrogens with one attached hydrogen (secondary N) is 1. The molecule has 0 saturated heterocycles. The molecule has 15 heavy (non-hydrogen) atoms. The van der Waals surface area contributed by atoms with Crippen LogP contribution in [0.15, 0.2) is 0 Å². The Kier molecular flexibility index (Phi) is 7.45. The van der Waals surface area contributed by atoms with E-state index in [1.165, 1.54) is 0 Å². The monoisotopic (exact) mass is 233 g/mol. The van der Waals surface area contributed by atoms with Crippen molar-refractivity contribution in [1.29, 1.82) is 0 Å². The quantitative estimate of drug-likeness (QED) is 0.732. The summed E-state index contributed by atoms with van der Waals surface area (Å²) in [5.74, 6) is 1.64. The largest absolute Gasteiger partial charge is 0.313 e. The lowest BCUT2D eigenvalue weighted by Gasteiger charge is -2.31. The summed E-state index contributed by atoms with van der Waals surface area (Å²) in [6.45, 7) is 11.8. The molecule has 0 rings (SSSR count). The maximum absolute atomic E-state index is 11.8. The van der Waals surface area contributed by atoms with Crippen LogP contribution in [-0.4, -0.2) is 28.3 Å². The Morgan fingerprint density at radius 1 is 1.27 bits per heavy atom. The highest BCUT2D eigenvalue weighted by Crippen LogP contribution is 2.20. The molecule has 0 spiro atoms. The van der Waals surface area contributed by atoms with E-state index in [2.05, 4.69) is 39.9 Å². The van der Waals surface area contributed by atoms with E-state index in [-0.39, 0.29) is 5.41 Å². The fraction of sp³-hybridized carbons (Fsp3) is 1.00. The summed E-state index contributed by atoms with van der Waals surface area (Å²) in [5, 5.41) is 3.44. The first-order chi connectivity index (χ1) is 6.91. The molecule has 0 aliphatic rings. The lowest BCUT2D eigenvalue weighted by Crippen LogP contribution is -2.44.